The lowest BCUT2D eigenvalue weighted by molar-refractivity contribution is -0.113. The lowest BCUT2D eigenvalue weighted by Gasteiger charge is -2.09. The summed E-state index contributed by atoms with van der Waals surface area (Å²) in [5, 5.41) is 11.0. The normalized spacial score (nSPS) is 10.5. The van der Waals surface area contributed by atoms with Crippen LogP contribution < -0.4 is 16.2 Å². The summed E-state index contributed by atoms with van der Waals surface area (Å²) in [6.45, 7) is 3.98. The fourth-order valence-corrected chi connectivity index (χ4v) is 4.40. The van der Waals surface area contributed by atoms with E-state index in [2.05, 4.69) is 26.4 Å². The van der Waals surface area contributed by atoms with Crippen molar-refractivity contribution in [1.29, 1.82) is 0 Å². The number of thiophene rings is 1. The fourth-order valence-electron chi connectivity index (χ4n) is 2.70. The Kier molecular flexibility index (Phi) is 7.42. The summed E-state index contributed by atoms with van der Waals surface area (Å²) in [6.07, 6.45) is 2.41. The third kappa shape index (κ3) is 5.92. The van der Waals surface area contributed by atoms with E-state index in [-0.39, 0.29) is 17.6 Å². The molecule has 1 aromatic carbocycles. The predicted octanol–water partition coefficient (Wildman–Crippen LogP) is 2.55. The van der Waals surface area contributed by atoms with Crippen LogP contribution >= 0.6 is 23.1 Å². The fraction of sp³-hybridized carbons (Fsp3) is 0.250. The smallest absolute Gasteiger partial charge is 0.279 e. The standard InChI is InChI=1S/C20H22N6O3S2/c1-4-15-12(2)8-16(31-15)19(29)24-23-18(28)13-6-5-7-14(9-13)22-17(27)10-30-20-25-21-11-26(20)3/h5-9,11H,4,10H2,1-3H3,(H,22,27)(H,23,28)(H,24,29). The molecule has 3 amide bonds. The average Bonchev–Trinajstić information content (AvgIpc) is 3.35. The number of nitrogens with zero attached hydrogens (tertiary/aromatic N) is 3. The first-order chi connectivity index (χ1) is 14.9. The molecule has 11 heteroatoms. The van der Waals surface area contributed by atoms with Gasteiger partial charge in [0.05, 0.1) is 10.6 Å². The van der Waals surface area contributed by atoms with Gasteiger partial charge in [0.25, 0.3) is 11.8 Å². The second kappa shape index (κ2) is 10.2. The van der Waals surface area contributed by atoms with Gasteiger partial charge in [0, 0.05) is 23.2 Å². The second-order valence-electron chi connectivity index (χ2n) is 6.62. The van der Waals surface area contributed by atoms with Gasteiger partial charge < -0.3 is 9.88 Å². The molecule has 9 nitrogen and oxygen atoms in total. The Hall–Kier alpha value is -3.18. The molecule has 0 aliphatic carbocycles. The first-order valence-electron chi connectivity index (χ1n) is 9.44. The number of carbonyl (C=O) groups is 3. The van der Waals surface area contributed by atoms with Gasteiger partial charge in [0.15, 0.2) is 5.16 Å². The molecule has 0 radical (unpaired) electrons. The maximum absolute atomic E-state index is 12.4. The summed E-state index contributed by atoms with van der Waals surface area (Å²) in [5.74, 6) is -0.939. The van der Waals surface area contributed by atoms with Crippen molar-refractivity contribution in [2.75, 3.05) is 11.1 Å². The molecule has 0 saturated heterocycles. The summed E-state index contributed by atoms with van der Waals surface area (Å²) in [5.41, 5.74) is 6.67. The van der Waals surface area contributed by atoms with E-state index in [1.165, 1.54) is 29.2 Å². The van der Waals surface area contributed by atoms with Crippen molar-refractivity contribution in [1.82, 2.24) is 25.6 Å². The van der Waals surface area contributed by atoms with Crippen LogP contribution in [-0.2, 0) is 18.3 Å². The highest BCUT2D eigenvalue weighted by atomic mass is 32.2. The maximum atomic E-state index is 12.4. The number of anilines is 1. The minimum absolute atomic E-state index is 0.152. The zero-order valence-electron chi connectivity index (χ0n) is 17.3. The number of hydrogen-bond acceptors (Lipinski definition) is 7. The quantitative estimate of drug-likeness (QED) is 0.370. The van der Waals surface area contributed by atoms with Crippen LogP contribution in [0.15, 0.2) is 41.8 Å². The predicted molar refractivity (Wildman–Crippen MR) is 120 cm³/mol. The van der Waals surface area contributed by atoms with E-state index in [0.29, 0.717) is 21.3 Å². The molecule has 0 spiro atoms. The maximum Gasteiger partial charge on any atom is 0.279 e. The van der Waals surface area contributed by atoms with E-state index in [9.17, 15) is 14.4 Å². The van der Waals surface area contributed by atoms with Gasteiger partial charge in [0.1, 0.15) is 6.33 Å². The number of hydrogen-bond donors (Lipinski definition) is 3. The Balaban J connectivity index is 1.53. The molecule has 0 fully saturated rings. The first kappa shape index (κ1) is 22.5. The molecule has 31 heavy (non-hydrogen) atoms. The van der Waals surface area contributed by atoms with Crippen LogP contribution in [0, 0.1) is 6.92 Å². The number of amides is 3. The molecule has 3 aromatic rings. The average molecular weight is 459 g/mol. The van der Waals surface area contributed by atoms with Crippen LogP contribution in [0.5, 0.6) is 0 Å². The molecule has 3 N–H and O–H groups in total. The van der Waals surface area contributed by atoms with Crippen molar-refractivity contribution in [2.24, 2.45) is 7.05 Å². The minimum Gasteiger partial charge on any atom is -0.325 e. The molecule has 0 saturated carbocycles. The number of rotatable bonds is 7. The number of benzene rings is 1. The largest absolute Gasteiger partial charge is 0.325 e. The molecule has 0 unspecified atom stereocenters. The molecule has 3 rings (SSSR count). The Labute approximate surface area is 187 Å². The number of aryl methyl sites for hydroxylation is 3. The van der Waals surface area contributed by atoms with Crippen LogP contribution in [0.4, 0.5) is 5.69 Å². The summed E-state index contributed by atoms with van der Waals surface area (Å²) in [4.78, 5) is 38.5. The SMILES string of the molecule is CCc1sc(C(=O)NNC(=O)c2cccc(NC(=O)CSc3nncn3C)c2)cc1C. The van der Waals surface area contributed by atoms with Crippen LogP contribution in [0.2, 0.25) is 0 Å². The highest BCUT2D eigenvalue weighted by molar-refractivity contribution is 7.99. The van der Waals surface area contributed by atoms with E-state index in [1.807, 2.05) is 13.8 Å². The van der Waals surface area contributed by atoms with Gasteiger partial charge in [-0.2, -0.15) is 0 Å². The van der Waals surface area contributed by atoms with Crippen molar-refractivity contribution < 1.29 is 14.4 Å². The van der Waals surface area contributed by atoms with Crippen molar-refractivity contribution in [3.8, 4) is 0 Å². The van der Waals surface area contributed by atoms with Gasteiger partial charge in [-0.3, -0.25) is 25.2 Å². The van der Waals surface area contributed by atoms with Crippen molar-refractivity contribution in [3.05, 3.63) is 57.5 Å². The number of carbonyl (C=O) groups excluding carboxylic acids is 3. The Bertz CT molecular complexity index is 1110. The van der Waals surface area contributed by atoms with E-state index in [4.69, 9.17) is 0 Å². The highest BCUT2D eigenvalue weighted by Crippen LogP contribution is 2.22. The van der Waals surface area contributed by atoms with E-state index in [1.54, 1.807) is 42.2 Å². The van der Waals surface area contributed by atoms with E-state index < -0.39 is 5.91 Å². The number of hydrazine groups is 1. The van der Waals surface area contributed by atoms with Gasteiger partial charge in [-0.25, -0.2) is 0 Å². The first-order valence-corrected chi connectivity index (χ1v) is 11.2. The Morgan fingerprint density at radius 2 is 1.94 bits per heavy atom. The summed E-state index contributed by atoms with van der Waals surface area (Å²) in [7, 11) is 1.80. The van der Waals surface area contributed by atoms with E-state index in [0.717, 1.165) is 16.9 Å². The monoisotopic (exact) mass is 458 g/mol. The third-order valence-corrected chi connectivity index (χ3v) is 6.68. The molecule has 0 aliphatic heterocycles. The molecular weight excluding hydrogens is 436 g/mol. The summed E-state index contributed by atoms with van der Waals surface area (Å²) < 4.78 is 1.72. The zero-order valence-corrected chi connectivity index (χ0v) is 18.9. The Morgan fingerprint density at radius 3 is 2.61 bits per heavy atom. The van der Waals surface area contributed by atoms with Crippen molar-refractivity contribution in [2.45, 2.75) is 25.4 Å². The third-order valence-electron chi connectivity index (χ3n) is 4.27. The van der Waals surface area contributed by atoms with Gasteiger partial charge in [-0.1, -0.05) is 24.8 Å². The van der Waals surface area contributed by atoms with Crippen LogP contribution in [-0.4, -0.2) is 38.2 Å². The van der Waals surface area contributed by atoms with Gasteiger partial charge in [-0.15, -0.1) is 21.5 Å². The molecule has 0 atom stereocenters. The summed E-state index contributed by atoms with van der Waals surface area (Å²) >= 11 is 2.66. The molecule has 2 heterocycles. The highest BCUT2D eigenvalue weighted by Gasteiger charge is 2.14. The topological polar surface area (TPSA) is 118 Å². The molecular formula is C20H22N6O3S2. The summed E-state index contributed by atoms with van der Waals surface area (Å²) in [6, 6.07) is 8.27. The van der Waals surface area contributed by atoms with Crippen LogP contribution in [0.3, 0.4) is 0 Å². The zero-order chi connectivity index (χ0) is 22.4. The molecule has 0 aliphatic rings. The Morgan fingerprint density at radius 1 is 1.16 bits per heavy atom. The second-order valence-corrected chi connectivity index (χ2v) is 8.70. The van der Waals surface area contributed by atoms with Crippen LogP contribution in [0.25, 0.3) is 0 Å². The van der Waals surface area contributed by atoms with Gasteiger partial charge in [0.2, 0.25) is 5.91 Å². The van der Waals surface area contributed by atoms with E-state index >= 15 is 0 Å². The number of aromatic nitrogens is 3. The molecule has 0 bridgehead atoms. The molecule has 2 aromatic heterocycles. The van der Waals surface area contributed by atoms with Crippen LogP contribution in [0.1, 0.15) is 37.4 Å². The number of thioether (sulfide) groups is 1. The lowest BCUT2D eigenvalue weighted by atomic mass is 10.2. The number of nitrogens with one attached hydrogen (secondary N) is 3. The van der Waals surface area contributed by atoms with Gasteiger partial charge in [-0.05, 0) is 43.2 Å². The lowest BCUT2D eigenvalue weighted by Crippen LogP contribution is -2.41. The molecule has 162 valence electrons. The van der Waals surface area contributed by atoms with Crippen molar-refractivity contribution in [3.63, 3.8) is 0 Å². The van der Waals surface area contributed by atoms with Gasteiger partial charge >= 0.3 is 0 Å². The van der Waals surface area contributed by atoms with Crippen molar-refractivity contribution >= 4 is 46.5 Å². The minimum atomic E-state index is -0.484.